The Morgan fingerprint density at radius 1 is 0.719 bits per heavy atom. The van der Waals surface area contributed by atoms with E-state index in [1.165, 1.54) is 36.7 Å². The highest BCUT2D eigenvalue weighted by Gasteiger charge is 2.49. The third-order valence-electron chi connectivity index (χ3n) is 11.0. The molecule has 0 saturated heterocycles. The number of aromatic nitrogens is 2. The van der Waals surface area contributed by atoms with Gasteiger partial charge in [0, 0.05) is 57.6 Å². The number of carbonyl (C=O) groups is 2. The molecule has 0 aliphatic heterocycles. The minimum atomic E-state index is -5.71. The van der Waals surface area contributed by atoms with Crippen molar-refractivity contribution in [1.82, 2.24) is 19.9 Å². The summed E-state index contributed by atoms with van der Waals surface area (Å²) in [6.07, 6.45) is 4.12. The van der Waals surface area contributed by atoms with E-state index in [0.29, 0.717) is 61.4 Å². The zero-order chi connectivity index (χ0) is 47.1. The van der Waals surface area contributed by atoms with E-state index >= 15 is 0 Å². The largest absolute Gasteiger partial charge is 0.501 e. The molecule has 0 spiro atoms. The lowest BCUT2D eigenvalue weighted by molar-refractivity contribution is -0.136. The summed E-state index contributed by atoms with van der Waals surface area (Å²) in [5.41, 5.74) is -5.84. The number of nitrogen functional groups attached to an aromatic ring is 1. The lowest BCUT2D eigenvalue weighted by Gasteiger charge is -2.40. The number of nitrogens with two attached hydrogens (primary N) is 1. The number of sulfone groups is 2. The first-order valence-electron chi connectivity index (χ1n) is 20.0. The normalized spacial score (nSPS) is 20.0. The van der Waals surface area contributed by atoms with Gasteiger partial charge in [0.25, 0.3) is 19.7 Å². The van der Waals surface area contributed by atoms with Crippen LogP contribution in [0.2, 0.25) is 0 Å². The van der Waals surface area contributed by atoms with Crippen molar-refractivity contribution in [3.63, 3.8) is 0 Å². The van der Waals surface area contributed by atoms with E-state index in [-0.39, 0.29) is 55.0 Å². The van der Waals surface area contributed by atoms with Crippen LogP contribution in [0.15, 0.2) is 63.1 Å². The molecule has 0 unspecified atom stereocenters. The molecule has 24 heteroatoms. The van der Waals surface area contributed by atoms with Crippen LogP contribution in [0.1, 0.15) is 101 Å². The first-order chi connectivity index (χ1) is 29.8. The summed E-state index contributed by atoms with van der Waals surface area (Å²) in [6.45, 7) is 6.91. The van der Waals surface area contributed by atoms with Crippen LogP contribution in [-0.2, 0) is 29.2 Å². The highest BCUT2D eigenvalue weighted by Crippen LogP contribution is 2.45. The van der Waals surface area contributed by atoms with Crippen molar-refractivity contribution in [2.24, 2.45) is 0 Å². The van der Waals surface area contributed by atoms with Crippen LogP contribution >= 0.6 is 38.6 Å². The molecule has 2 N–H and O–H groups in total. The molecule has 2 saturated carbocycles. The molecule has 0 bridgehead atoms. The molecule has 2 aromatic heterocycles. The number of hydrogen-bond donors (Lipinski definition) is 1. The standard InChI is InChI=1S/C40H44BrF6N5O8S4/c1-21(2)51(27-11-5-23(6-12-27)35-50-20-32(62-35)30-16-10-26(48)18-34(30)64(57,58)40(45,46)47)37(53)60-52(38(54)59-22(3)4)28-13-7-24(8-14-28)36-49-19-31(61-36)29-15-9-25(41)17-33(29)63(55,56)39(42,43)44/h9-10,15-24,27-28H,5-8,11-14,48H2,1-4H3. The molecule has 6 rings (SSSR count). The second kappa shape index (κ2) is 19.1. The summed E-state index contributed by atoms with van der Waals surface area (Å²) in [7, 11) is -11.4. The molecular weight excluding hydrogens is 1000 g/mol. The SMILES string of the molecule is CC(C)OC(=O)N(OC(=O)N(C(C)C)C1CCC(c2ncc(-c3ccc(N)cc3S(=O)(=O)C(F)(F)F)s2)CC1)C1CCC(c2ncc(-c3ccc(Br)cc3S(=O)(=O)C(F)(F)F)s2)CC1. The van der Waals surface area contributed by atoms with Crippen LogP contribution in [0.4, 0.5) is 41.6 Å². The van der Waals surface area contributed by atoms with Gasteiger partial charge in [-0.15, -0.1) is 27.7 Å². The van der Waals surface area contributed by atoms with Gasteiger partial charge >= 0.3 is 23.2 Å². The molecule has 4 aromatic rings. The van der Waals surface area contributed by atoms with Gasteiger partial charge in [-0.25, -0.2) is 36.4 Å². The predicted molar refractivity (Wildman–Crippen MR) is 231 cm³/mol. The van der Waals surface area contributed by atoms with Crippen molar-refractivity contribution in [3.05, 3.63) is 63.3 Å². The molecular formula is C40H44BrF6N5O8S4. The number of nitrogens with zero attached hydrogens (tertiary/aromatic N) is 4. The maximum Gasteiger partial charge on any atom is 0.501 e. The van der Waals surface area contributed by atoms with E-state index in [2.05, 4.69) is 25.9 Å². The molecule has 2 aliphatic carbocycles. The Morgan fingerprint density at radius 3 is 1.62 bits per heavy atom. The van der Waals surface area contributed by atoms with Crippen molar-refractivity contribution >= 4 is 76.2 Å². The van der Waals surface area contributed by atoms with Gasteiger partial charge in [-0.1, -0.05) is 28.1 Å². The summed E-state index contributed by atoms with van der Waals surface area (Å²) in [5.74, 6) is -0.326. The van der Waals surface area contributed by atoms with Crippen LogP contribution in [-0.4, -0.2) is 84.2 Å². The van der Waals surface area contributed by atoms with Gasteiger partial charge in [0.2, 0.25) is 0 Å². The number of benzene rings is 2. The summed E-state index contributed by atoms with van der Waals surface area (Å²) in [5, 5.41) is 2.13. The monoisotopic (exact) mass is 1040 g/mol. The Bertz CT molecular complexity index is 2570. The van der Waals surface area contributed by atoms with E-state index in [1.807, 2.05) is 0 Å². The van der Waals surface area contributed by atoms with E-state index in [9.17, 15) is 52.8 Å². The minimum absolute atomic E-state index is 0.136. The fourth-order valence-electron chi connectivity index (χ4n) is 7.92. The number of thiazole rings is 2. The Morgan fingerprint density at radius 2 is 1.17 bits per heavy atom. The number of halogens is 7. The van der Waals surface area contributed by atoms with Gasteiger partial charge in [-0.3, -0.25) is 0 Å². The van der Waals surface area contributed by atoms with Crippen LogP contribution in [0.25, 0.3) is 20.9 Å². The molecule has 350 valence electrons. The summed E-state index contributed by atoms with van der Waals surface area (Å²) in [6, 6.07) is 5.67. The highest BCUT2D eigenvalue weighted by molar-refractivity contribution is 9.10. The number of ether oxygens (including phenoxy) is 1. The summed E-state index contributed by atoms with van der Waals surface area (Å²) in [4.78, 5) is 42.4. The van der Waals surface area contributed by atoms with Crippen molar-refractivity contribution in [2.45, 2.75) is 136 Å². The average molecular weight is 1040 g/mol. The molecule has 2 heterocycles. The number of hydrogen-bond acceptors (Lipinski definition) is 13. The first-order valence-corrected chi connectivity index (χ1v) is 25.4. The average Bonchev–Trinajstić information content (AvgIpc) is 3.91. The fourth-order valence-corrected chi connectivity index (χ4v) is 12.8. The highest BCUT2D eigenvalue weighted by atomic mass is 79.9. The third-order valence-corrected chi connectivity index (χ3v) is 16.9. The van der Waals surface area contributed by atoms with Gasteiger partial charge in [0.1, 0.15) is 0 Å². The molecule has 0 radical (unpaired) electrons. The van der Waals surface area contributed by atoms with Crippen molar-refractivity contribution < 1.29 is 62.3 Å². The molecule has 2 aromatic carbocycles. The Balaban J connectivity index is 1.12. The topological polar surface area (TPSA) is 179 Å². The van der Waals surface area contributed by atoms with Crippen molar-refractivity contribution in [3.8, 4) is 20.9 Å². The second-order valence-corrected chi connectivity index (χ2v) is 22.9. The lowest BCUT2D eigenvalue weighted by Crippen LogP contribution is -2.51. The number of amides is 2. The van der Waals surface area contributed by atoms with E-state index in [4.69, 9.17) is 15.3 Å². The van der Waals surface area contributed by atoms with Gasteiger partial charge < -0.3 is 20.2 Å². The maximum atomic E-state index is 14.0. The van der Waals surface area contributed by atoms with Crippen LogP contribution in [0.5, 0.6) is 0 Å². The molecule has 2 amide bonds. The van der Waals surface area contributed by atoms with E-state index in [0.717, 1.165) is 39.9 Å². The zero-order valence-electron chi connectivity index (χ0n) is 34.7. The second-order valence-electron chi connectivity index (χ2n) is 16.0. The van der Waals surface area contributed by atoms with Crippen LogP contribution in [0.3, 0.4) is 0 Å². The molecule has 2 aliphatic rings. The maximum absolute atomic E-state index is 14.0. The Labute approximate surface area is 382 Å². The zero-order valence-corrected chi connectivity index (χ0v) is 39.5. The van der Waals surface area contributed by atoms with Gasteiger partial charge in [-0.05, 0) is 103 Å². The lowest BCUT2D eigenvalue weighted by atomic mass is 9.85. The number of rotatable bonds is 10. The molecule has 2 fully saturated rings. The summed E-state index contributed by atoms with van der Waals surface area (Å²) < 4.78 is 137. The Hall–Kier alpha value is -4.00. The third kappa shape index (κ3) is 10.5. The van der Waals surface area contributed by atoms with Gasteiger partial charge in [0.15, 0.2) is 0 Å². The van der Waals surface area contributed by atoms with Crippen molar-refractivity contribution in [1.29, 1.82) is 0 Å². The molecule has 64 heavy (non-hydrogen) atoms. The summed E-state index contributed by atoms with van der Waals surface area (Å²) >= 11 is 5.22. The van der Waals surface area contributed by atoms with Crippen LogP contribution in [0, 0.1) is 0 Å². The minimum Gasteiger partial charge on any atom is -0.445 e. The van der Waals surface area contributed by atoms with Crippen molar-refractivity contribution in [2.75, 3.05) is 5.73 Å². The molecule has 0 atom stereocenters. The van der Waals surface area contributed by atoms with Gasteiger partial charge in [0.05, 0.1) is 41.7 Å². The number of hydroxylamine groups is 2. The predicted octanol–water partition coefficient (Wildman–Crippen LogP) is 11.2. The first kappa shape index (κ1) is 49.4. The quantitative estimate of drug-likeness (QED) is 0.0907. The number of anilines is 1. The number of carbonyl (C=O) groups excluding carboxylic acids is 2. The Kier molecular flexibility index (Phi) is 14.7. The smallest absolute Gasteiger partial charge is 0.445 e. The fraction of sp³-hybridized carbons (Fsp3) is 0.500. The van der Waals surface area contributed by atoms with E-state index in [1.54, 1.807) is 32.6 Å². The van der Waals surface area contributed by atoms with E-state index < -0.39 is 64.8 Å². The van der Waals surface area contributed by atoms with Crippen LogP contribution < -0.4 is 5.73 Å². The number of alkyl halides is 6. The van der Waals surface area contributed by atoms with Gasteiger partial charge in [-0.2, -0.15) is 26.3 Å². The molecule has 13 nitrogen and oxygen atoms in total.